The predicted octanol–water partition coefficient (Wildman–Crippen LogP) is 4.30. The van der Waals surface area contributed by atoms with Crippen molar-refractivity contribution in [1.29, 1.82) is 0 Å². The third kappa shape index (κ3) is 6.34. The third-order valence-electron chi connectivity index (χ3n) is 5.85. The molecule has 2 aliphatic rings. The van der Waals surface area contributed by atoms with Crippen molar-refractivity contribution in [1.82, 2.24) is 15.2 Å². The summed E-state index contributed by atoms with van der Waals surface area (Å²) in [6, 6.07) is 10.6. The van der Waals surface area contributed by atoms with Gasteiger partial charge in [0.25, 0.3) is 0 Å². The van der Waals surface area contributed by atoms with Gasteiger partial charge >= 0.3 is 0 Å². The Kier molecular flexibility index (Phi) is 9.27. The third-order valence-corrected chi connectivity index (χ3v) is 5.85. The Bertz CT molecular complexity index is 762. The van der Waals surface area contributed by atoms with E-state index in [0.29, 0.717) is 18.8 Å². The van der Waals surface area contributed by atoms with Gasteiger partial charge in [0, 0.05) is 37.5 Å². The van der Waals surface area contributed by atoms with Crippen LogP contribution in [0.2, 0.25) is 0 Å². The molecule has 3 heterocycles. The molecule has 4 rings (SSSR count). The van der Waals surface area contributed by atoms with E-state index < -0.39 is 0 Å². The second kappa shape index (κ2) is 11.9. The monoisotopic (exact) mass is 526 g/mol. The van der Waals surface area contributed by atoms with Gasteiger partial charge in [-0.2, -0.15) is 0 Å². The van der Waals surface area contributed by atoms with Crippen LogP contribution in [0.15, 0.2) is 35.3 Å². The molecule has 1 unspecified atom stereocenters. The molecule has 1 aromatic carbocycles. The van der Waals surface area contributed by atoms with Crippen LogP contribution in [0.1, 0.15) is 44.7 Å². The molecular weight excluding hydrogens is 491 g/mol. The number of halogens is 1. The summed E-state index contributed by atoms with van der Waals surface area (Å²) in [5.41, 5.74) is 2.31. The number of aromatic amines is 1. The Morgan fingerprint density at radius 3 is 2.80 bits per heavy atom. The van der Waals surface area contributed by atoms with Gasteiger partial charge in [-0.05, 0) is 56.5 Å². The molecule has 0 radical (unpaired) electrons. The second-order valence-corrected chi connectivity index (χ2v) is 8.06. The van der Waals surface area contributed by atoms with E-state index in [1.54, 1.807) is 0 Å². The van der Waals surface area contributed by atoms with Crippen molar-refractivity contribution < 1.29 is 9.47 Å². The lowest BCUT2D eigenvalue weighted by atomic mass is 10.1. The number of guanidine groups is 1. The van der Waals surface area contributed by atoms with E-state index in [1.807, 2.05) is 0 Å². The largest absolute Gasteiger partial charge is 0.376 e. The number of ether oxygens (including phenoxy) is 2. The number of H-pyrrole nitrogens is 1. The van der Waals surface area contributed by atoms with Gasteiger partial charge in [0.05, 0.1) is 25.4 Å². The Balaban J connectivity index is 0.00000256. The Hall–Kier alpha value is -1.32. The summed E-state index contributed by atoms with van der Waals surface area (Å²) >= 11 is 0. The highest BCUT2D eigenvalue weighted by molar-refractivity contribution is 14.0. The van der Waals surface area contributed by atoms with Crippen LogP contribution < -0.4 is 5.32 Å². The summed E-state index contributed by atoms with van der Waals surface area (Å²) in [5, 5.41) is 4.69. The molecule has 1 aromatic heterocycles. The molecule has 1 atom stereocenters. The lowest BCUT2D eigenvalue weighted by Gasteiger charge is -2.35. The summed E-state index contributed by atoms with van der Waals surface area (Å²) in [5.74, 6) is 1.00. The summed E-state index contributed by atoms with van der Waals surface area (Å²) in [4.78, 5) is 10.7. The number of likely N-dealkylation sites (tertiary alicyclic amines) is 1. The number of nitrogens with one attached hydrogen (secondary N) is 2. The van der Waals surface area contributed by atoms with Crippen LogP contribution in [-0.2, 0) is 16.0 Å². The minimum Gasteiger partial charge on any atom is -0.376 e. The number of fused-ring (bicyclic) bond motifs is 1. The van der Waals surface area contributed by atoms with Crippen LogP contribution in [0.5, 0.6) is 0 Å². The molecule has 0 bridgehead atoms. The maximum Gasteiger partial charge on any atom is 0.194 e. The Labute approximate surface area is 196 Å². The van der Waals surface area contributed by atoms with E-state index in [2.05, 4.69) is 52.5 Å². The molecule has 2 aliphatic heterocycles. The van der Waals surface area contributed by atoms with E-state index in [4.69, 9.17) is 14.5 Å². The second-order valence-electron chi connectivity index (χ2n) is 8.06. The van der Waals surface area contributed by atoms with Gasteiger partial charge in [-0.25, -0.2) is 4.99 Å². The highest BCUT2D eigenvalue weighted by Crippen LogP contribution is 2.19. The van der Waals surface area contributed by atoms with Gasteiger partial charge in [0.2, 0.25) is 0 Å². The van der Waals surface area contributed by atoms with Crippen LogP contribution in [0, 0.1) is 0 Å². The van der Waals surface area contributed by atoms with Crippen LogP contribution >= 0.6 is 24.0 Å². The summed E-state index contributed by atoms with van der Waals surface area (Å²) in [6.07, 6.45) is 6.34. The number of nitrogens with zero attached hydrogens (tertiary/aromatic N) is 2. The standard InChI is InChI=1S/C23H34N4O2.HI/c1-2-24-23(25-16-19-15-18-7-3-4-9-22(18)26-19)27-12-10-20(11-13-27)29-17-21-8-5-6-14-28-21;/h3-4,7,9,15,20-21,26H,2,5-6,8,10-14,16-17H2,1H3,(H,24,25);1H. The van der Waals surface area contributed by atoms with Crippen molar-refractivity contribution in [2.45, 2.75) is 57.8 Å². The first-order valence-electron chi connectivity index (χ1n) is 11.1. The quantitative estimate of drug-likeness (QED) is 0.335. The van der Waals surface area contributed by atoms with E-state index >= 15 is 0 Å². The molecule has 0 amide bonds. The lowest BCUT2D eigenvalue weighted by molar-refractivity contribution is -0.0721. The highest BCUT2D eigenvalue weighted by atomic mass is 127. The number of benzene rings is 1. The zero-order chi connectivity index (χ0) is 19.9. The number of para-hydroxylation sites is 1. The molecular formula is C23H35IN4O2. The number of rotatable bonds is 6. The van der Waals surface area contributed by atoms with Crippen molar-refractivity contribution in [3.63, 3.8) is 0 Å². The van der Waals surface area contributed by atoms with Gasteiger partial charge < -0.3 is 24.7 Å². The number of aromatic nitrogens is 1. The van der Waals surface area contributed by atoms with Crippen molar-refractivity contribution in [2.75, 3.05) is 32.8 Å². The number of piperidine rings is 1. The van der Waals surface area contributed by atoms with Gasteiger partial charge in [0.15, 0.2) is 5.96 Å². The lowest BCUT2D eigenvalue weighted by Crippen LogP contribution is -2.47. The molecule has 2 aromatic rings. The summed E-state index contributed by atoms with van der Waals surface area (Å²) < 4.78 is 11.9. The van der Waals surface area contributed by atoms with Crippen molar-refractivity contribution in [3.05, 3.63) is 36.0 Å². The fourth-order valence-corrected chi connectivity index (χ4v) is 4.22. The molecule has 2 saturated heterocycles. The first-order valence-corrected chi connectivity index (χ1v) is 11.1. The zero-order valence-corrected chi connectivity index (χ0v) is 20.3. The topological polar surface area (TPSA) is 61.9 Å². The fourth-order valence-electron chi connectivity index (χ4n) is 4.22. The van der Waals surface area contributed by atoms with E-state index in [-0.39, 0.29) is 24.0 Å². The van der Waals surface area contributed by atoms with Crippen LogP contribution in [0.4, 0.5) is 0 Å². The number of aliphatic imine (C=N–C) groups is 1. The molecule has 2 fully saturated rings. The normalized spacial score (nSPS) is 20.9. The van der Waals surface area contributed by atoms with Crippen LogP contribution in [0.3, 0.4) is 0 Å². The molecule has 0 aliphatic carbocycles. The molecule has 30 heavy (non-hydrogen) atoms. The maximum atomic E-state index is 6.16. The van der Waals surface area contributed by atoms with E-state index in [9.17, 15) is 0 Å². The summed E-state index contributed by atoms with van der Waals surface area (Å²) in [7, 11) is 0. The first kappa shape index (κ1) is 23.3. The van der Waals surface area contributed by atoms with Crippen molar-refractivity contribution >= 4 is 40.8 Å². The Morgan fingerprint density at radius 2 is 2.07 bits per heavy atom. The minimum atomic E-state index is 0. The average Bonchev–Trinajstić information content (AvgIpc) is 3.19. The molecule has 7 heteroatoms. The maximum absolute atomic E-state index is 6.16. The molecule has 6 nitrogen and oxygen atoms in total. The minimum absolute atomic E-state index is 0. The van der Waals surface area contributed by atoms with E-state index in [0.717, 1.165) is 63.8 Å². The smallest absolute Gasteiger partial charge is 0.194 e. The van der Waals surface area contributed by atoms with Gasteiger partial charge in [-0.15, -0.1) is 24.0 Å². The molecule has 2 N–H and O–H groups in total. The number of hydrogen-bond acceptors (Lipinski definition) is 3. The van der Waals surface area contributed by atoms with Gasteiger partial charge in [-0.3, -0.25) is 0 Å². The highest BCUT2D eigenvalue weighted by Gasteiger charge is 2.23. The molecule has 0 saturated carbocycles. The van der Waals surface area contributed by atoms with E-state index in [1.165, 1.54) is 23.7 Å². The van der Waals surface area contributed by atoms with Gasteiger partial charge in [-0.1, -0.05) is 18.2 Å². The molecule has 166 valence electrons. The predicted molar refractivity (Wildman–Crippen MR) is 133 cm³/mol. The summed E-state index contributed by atoms with van der Waals surface area (Å²) in [6.45, 7) is 7.26. The average molecular weight is 526 g/mol. The van der Waals surface area contributed by atoms with Crippen molar-refractivity contribution in [2.24, 2.45) is 4.99 Å². The van der Waals surface area contributed by atoms with Crippen LogP contribution in [-0.4, -0.2) is 60.9 Å². The Morgan fingerprint density at radius 1 is 1.23 bits per heavy atom. The zero-order valence-electron chi connectivity index (χ0n) is 17.9. The first-order chi connectivity index (χ1) is 14.3. The van der Waals surface area contributed by atoms with Crippen molar-refractivity contribution in [3.8, 4) is 0 Å². The fraction of sp³-hybridized carbons (Fsp3) is 0.609. The van der Waals surface area contributed by atoms with Crippen LogP contribution in [0.25, 0.3) is 10.9 Å². The number of hydrogen-bond donors (Lipinski definition) is 2. The molecule has 0 spiro atoms. The SMILES string of the molecule is CCNC(=NCc1cc2ccccc2[nH]1)N1CCC(OCC2CCCCO2)CC1.I. The van der Waals surface area contributed by atoms with Gasteiger partial charge in [0.1, 0.15) is 0 Å².